The fourth-order valence-electron chi connectivity index (χ4n) is 3.03. The van der Waals surface area contributed by atoms with Crippen molar-refractivity contribution >= 4 is 12.2 Å². The number of carbonyl (C=O) groups excluding carboxylic acids is 1. The number of ether oxygens (including phenoxy) is 2. The lowest BCUT2D eigenvalue weighted by Gasteiger charge is -2.31. The molecule has 108 valence electrons. The van der Waals surface area contributed by atoms with E-state index in [4.69, 9.17) is 14.6 Å². The van der Waals surface area contributed by atoms with Gasteiger partial charge in [-0.25, -0.2) is 9.59 Å². The number of likely N-dealkylation sites (tertiary alicyclic amines) is 1. The fraction of sp³-hybridized carbons (Fsp3) is 0.846. The van der Waals surface area contributed by atoms with Gasteiger partial charge < -0.3 is 14.6 Å². The Labute approximate surface area is 112 Å². The van der Waals surface area contributed by atoms with Gasteiger partial charge in [0.1, 0.15) is 5.60 Å². The van der Waals surface area contributed by atoms with E-state index in [1.54, 1.807) is 20.8 Å². The number of carbonyl (C=O) groups is 2. The number of amides is 1. The number of nitrogens with zero attached hydrogens (tertiary/aromatic N) is 1. The molecule has 3 atom stereocenters. The molecule has 0 spiro atoms. The molecule has 1 aliphatic heterocycles. The smallest absolute Gasteiger partial charge is 0.450 e. The second-order valence-electron chi connectivity index (χ2n) is 6.22. The zero-order valence-corrected chi connectivity index (χ0v) is 11.6. The molecule has 0 aromatic heterocycles. The Kier molecular flexibility index (Phi) is 3.60. The Morgan fingerprint density at radius 2 is 1.95 bits per heavy atom. The summed E-state index contributed by atoms with van der Waals surface area (Å²) in [7, 11) is 0. The fourth-order valence-corrected chi connectivity index (χ4v) is 3.03. The predicted molar refractivity (Wildman–Crippen MR) is 66.7 cm³/mol. The molecular formula is C13H21NO5. The van der Waals surface area contributed by atoms with Gasteiger partial charge in [-0.05, 0) is 39.5 Å². The molecule has 2 aliphatic rings. The number of fused-ring (bicyclic) bond motifs is 1. The Hall–Kier alpha value is -1.46. The van der Waals surface area contributed by atoms with Crippen LogP contribution in [-0.4, -0.2) is 40.1 Å². The standard InChI is InChI=1S/C13H21NO5/c1-13(2,3)19-11(15)14-9-6-4-5-8(9)7-10(14)18-12(16)17/h8-10H,4-7H2,1-3H3,(H,16,17)/t8-,9-,10-/m0/s1. The average molecular weight is 271 g/mol. The Balaban J connectivity index is 2.12. The van der Waals surface area contributed by atoms with Gasteiger partial charge in [-0.15, -0.1) is 0 Å². The van der Waals surface area contributed by atoms with Crippen LogP contribution in [0.25, 0.3) is 0 Å². The molecule has 0 unspecified atom stereocenters. The van der Waals surface area contributed by atoms with Crippen LogP contribution in [0.3, 0.4) is 0 Å². The van der Waals surface area contributed by atoms with E-state index in [0.717, 1.165) is 19.3 Å². The molecular weight excluding hydrogens is 250 g/mol. The van der Waals surface area contributed by atoms with Gasteiger partial charge in [0.25, 0.3) is 0 Å². The third-order valence-electron chi connectivity index (χ3n) is 3.63. The molecule has 1 amide bonds. The normalized spacial score (nSPS) is 30.1. The van der Waals surface area contributed by atoms with E-state index in [9.17, 15) is 9.59 Å². The highest BCUT2D eigenvalue weighted by Gasteiger charge is 2.49. The van der Waals surface area contributed by atoms with Crippen molar-refractivity contribution in [2.75, 3.05) is 0 Å². The molecule has 2 fully saturated rings. The van der Waals surface area contributed by atoms with E-state index in [-0.39, 0.29) is 6.04 Å². The largest absolute Gasteiger partial charge is 0.507 e. The van der Waals surface area contributed by atoms with E-state index >= 15 is 0 Å². The van der Waals surface area contributed by atoms with E-state index in [2.05, 4.69) is 0 Å². The van der Waals surface area contributed by atoms with Crippen molar-refractivity contribution in [2.24, 2.45) is 5.92 Å². The average Bonchev–Trinajstić information content (AvgIpc) is 2.72. The van der Waals surface area contributed by atoms with Crippen molar-refractivity contribution in [3.05, 3.63) is 0 Å². The molecule has 1 N–H and O–H groups in total. The van der Waals surface area contributed by atoms with Crippen molar-refractivity contribution in [3.63, 3.8) is 0 Å². The first-order valence-electron chi connectivity index (χ1n) is 6.69. The topological polar surface area (TPSA) is 76.1 Å². The Morgan fingerprint density at radius 3 is 2.53 bits per heavy atom. The van der Waals surface area contributed by atoms with E-state index in [1.165, 1.54) is 4.90 Å². The lowest BCUT2D eigenvalue weighted by Crippen LogP contribution is -2.45. The molecule has 0 aromatic rings. The maximum atomic E-state index is 12.2. The summed E-state index contributed by atoms with van der Waals surface area (Å²) in [5.41, 5.74) is -0.596. The quantitative estimate of drug-likeness (QED) is 0.742. The van der Waals surface area contributed by atoms with Gasteiger partial charge in [-0.1, -0.05) is 6.42 Å². The van der Waals surface area contributed by atoms with Gasteiger partial charge >= 0.3 is 12.2 Å². The van der Waals surface area contributed by atoms with Crippen LogP contribution in [0, 0.1) is 5.92 Å². The van der Waals surface area contributed by atoms with Crippen molar-refractivity contribution < 1.29 is 24.2 Å². The molecule has 1 saturated carbocycles. The monoisotopic (exact) mass is 271 g/mol. The van der Waals surface area contributed by atoms with Crippen LogP contribution in [-0.2, 0) is 9.47 Å². The number of hydrogen-bond donors (Lipinski definition) is 1. The summed E-state index contributed by atoms with van der Waals surface area (Å²) in [5, 5.41) is 8.77. The van der Waals surface area contributed by atoms with Gasteiger partial charge in [-0.2, -0.15) is 0 Å². The van der Waals surface area contributed by atoms with E-state index in [0.29, 0.717) is 12.3 Å². The van der Waals surface area contributed by atoms with Gasteiger partial charge in [-0.3, -0.25) is 4.90 Å². The minimum absolute atomic E-state index is 0.0548. The van der Waals surface area contributed by atoms with Gasteiger partial charge in [0.15, 0.2) is 6.23 Å². The number of carboxylic acid groups (broad SMARTS) is 1. The number of rotatable bonds is 1. The maximum Gasteiger partial charge on any atom is 0.507 e. The second-order valence-corrected chi connectivity index (χ2v) is 6.22. The lowest BCUT2D eigenvalue weighted by atomic mass is 10.0. The van der Waals surface area contributed by atoms with Gasteiger partial charge in [0, 0.05) is 12.5 Å². The predicted octanol–water partition coefficient (Wildman–Crippen LogP) is 2.82. The van der Waals surface area contributed by atoms with Crippen LogP contribution in [0.1, 0.15) is 46.5 Å². The van der Waals surface area contributed by atoms with Crippen LogP contribution < -0.4 is 0 Å². The minimum Gasteiger partial charge on any atom is -0.450 e. The second kappa shape index (κ2) is 4.90. The third kappa shape index (κ3) is 3.11. The van der Waals surface area contributed by atoms with Crippen molar-refractivity contribution in [3.8, 4) is 0 Å². The molecule has 0 bridgehead atoms. The van der Waals surface area contributed by atoms with Crippen molar-refractivity contribution in [2.45, 2.75) is 64.3 Å². The summed E-state index contributed by atoms with van der Waals surface area (Å²) in [6.45, 7) is 5.38. The van der Waals surface area contributed by atoms with Gasteiger partial charge in [0.05, 0.1) is 0 Å². The zero-order valence-electron chi connectivity index (χ0n) is 11.6. The molecule has 1 aliphatic carbocycles. The first-order chi connectivity index (χ1) is 8.78. The highest BCUT2D eigenvalue weighted by molar-refractivity contribution is 5.70. The molecule has 6 nitrogen and oxygen atoms in total. The van der Waals surface area contributed by atoms with Gasteiger partial charge in [0.2, 0.25) is 0 Å². The van der Waals surface area contributed by atoms with Crippen LogP contribution >= 0.6 is 0 Å². The first kappa shape index (κ1) is 14.0. The zero-order chi connectivity index (χ0) is 14.2. The summed E-state index contributed by atoms with van der Waals surface area (Å²) >= 11 is 0. The Morgan fingerprint density at radius 1 is 1.26 bits per heavy atom. The number of hydrogen-bond acceptors (Lipinski definition) is 4. The highest BCUT2D eigenvalue weighted by Crippen LogP contribution is 2.42. The summed E-state index contributed by atoms with van der Waals surface area (Å²) in [6, 6.07) is 0.0548. The summed E-state index contributed by atoms with van der Waals surface area (Å²) < 4.78 is 10.2. The summed E-state index contributed by atoms with van der Waals surface area (Å²) in [5.74, 6) is 0.330. The Bertz CT molecular complexity index is 376. The van der Waals surface area contributed by atoms with Crippen LogP contribution in [0.2, 0.25) is 0 Å². The maximum absolute atomic E-state index is 12.2. The summed E-state index contributed by atoms with van der Waals surface area (Å²) in [4.78, 5) is 24.4. The first-order valence-corrected chi connectivity index (χ1v) is 6.69. The highest BCUT2D eigenvalue weighted by atomic mass is 16.7. The third-order valence-corrected chi connectivity index (χ3v) is 3.63. The molecule has 1 saturated heterocycles. The van der Waals surface area contributed by atoms with Crippen molar-refractivity contribution in [1.29, 1.82) is 0 Å². The lowest BCUT2D eigenvalue weighted by molar-refractivity contribution is -0.0426. The molecule has 0 radical (unpaired) electrons. The van der Waals surface area contributed by atoms with E-state index < -0.39 is 24.1 Å². The van der Waals surface area contributed by atoms with Crippen LogP contribution in [0.15, 0.2) is 0 Å². The van der Waals surface area contributed by atoms with Crippen LogP contribution in [0.5, 0.6) is 0 Å². The molecule has 0 aromatic carbocycles. The van der Waals surface area contributed by atoms with E-state index in [1.807, 2.05) is 0 Å². The van der Waals surface area contributed by atoms with Crippen LogP contribution in [0.4, 0.5) is 9.59 Å². The molecule has 2 rings (SSSR count). The molecule has 1 heterocycles. The molecule has 19 heavy (non-hydrogen) atoms. The minimum atomic E-state index is -1.35. The van der Waals surface area contributed by atoms with Crippen molar-refractivity contribution in [1.82, 2.24) is 4.90 Å². The SMILES string of the molecule is CC(C)(C)OC(=O)N1[C@@H](OC(=O)O)C[C@@H]2CCC[C@@H]21. The molecule has 6 heteroatoms. The summed E-state index contributed by atoms with van der Waals surface area (Å²) in [6.07, 6.45) is 1.02.